The van der Waals surface area contributed by atoms with Gasteiger partial charge in [0.25, 0.3) is 0 Å². The summed E-state index contributed by atoms with van der Waals surface area (Å²) < 4.78 is 2.06. The minimum absolute atomic E-state index is 0.599. The third-order valence-electron chi connectivity index (χ3n) is 3.85. The van der Waals surface area contributed by atoms with Crippen molar-refractivity contribution in [2.24, 2.45) is 0 Å². The molecule has 0 amide bonds. The van der Waals surface area contributed by atoms with Gasteiger partial charge in [-0.05, 0) is 43.7 Å². The number of aromatic nitrogens is 4. The quantitative estimate of drug-likeness (QED) is 0.598. The lowest BCUT2D eigenvalue weighted by Gasteiger charge is -2.06. The lowest BCUT2D eigenvalue weighted by Crippen LogP contribution is -1.98. The van der Waals surface area contributed by atoms with Gasteiger partial charge in [0.1, 0.15) is 5.65 Å². The summed E-state index contributed by atoms with van der Waals surface area (Å²) in [7, 11) is 0. The number of hydrogen-bond donors (Lipinski definition) is 1. The fourth-order valence-corrected chi connectivity index (χ4v) is 3.56. The van der Waals surface area contributed by atoms with E-state index in [1.165, 1.54) is 4.88 Å². The number of fused-ring (bicyclic) bond motifs is 1. The van der Waals surface area contributed by atoms with Crippen LogP contribution in [0.2, 0.25) is 0 Å². The zero-order chi connectivity index (χ0) is 16.5. The summed E-state index contributed by atoms with van der Waals surface area (Å²) in [6.45, 7) is 4.16. The van der Waals surface area contributed by atoms with Crippen LogP contribution in [0.25, 0.3) is 17.0 Å². The Bertz CT molecular complexity index is 1000. The molecule has 4 heterocycles. The average Bonchev–Trinajstić information content (AvgIpc) is 3.18. The van der Waals surface area contributed by atoms with Gasteiger partial charge in [-0.1, -0.05) is 13.0 Å². The predicted molar refractivity (Wildman–Crippen MR) is 97.9 cm³/mol. The highest BCUT2D eigenvalue weighted by Gasteiger charge is 2.13. The van der Waals surface area contributed by atoms with Crippen LogP contribution in [-0.4, -0.2) is 19.4 Å². The monoisotopic (exact) mass is 335 g/mol. The zero-order valence-corrected chi connectivity index (χ0v) is 14.3. The maximum absolute atomic E-state index is 4.68. The van der Waals surface area contributed by atoms with Crippen LogP contribution in [0.15, 0.2) is 48.8 Å². The number of imidazole rings is 1. The second-order valence-corrected chi connectivity index (χ2v) is 6.65. The van der Waals surface area contributed by atoms with Crippen LogP contribution in [0.4, 0.5) is 10.9 Å². The van der Waals surface area contributed by atoms with E-state index in [-0.39, 0.29) is 0 Å². The van der Waals surface area contributed by atoms with Gasteiger partial charge in [-0.25, -0.2) is 15.0 Å². The summed E-state index contributed by atoms with van der Waals surface area (Å²) in [5, 5.41) is 4.35. The maximum atomic E-state index is 4.68. The molecule has 0 bridgehead atoms. The third-order valence-corrected chi connectivity index (χ3v) is 4.99. The van der Waals surface area contributed by atoms with Crippen LogP contribution in [0.1, 0.15) is 17.5 Å². The minimum atomic E-state index is 0.599. The van der Waals surface area contributed by atoms with Crippen molar-refractivity contribution in [2.45, 2.75) is 20.3 Å². The standard InChI is InChI=1S/C18H17N5S/c1-3-13-7-8-16(24-13)22-18-19-10-9-14(21-18)17-12(2)20-15-6-4-5-11-23(15)17/h4-11H,3H2,1-2H3,(H,19,21,22). The minimum Gasteiger partial charge on any atom is -0.316 e. The Hall–Kier alpha value is -2.73. The highest BCUT2D eigenvalue weighted by molar-refractivity contribution is 7.16. The average molecular weight is 335 g/mol. The fourth-order valence-electron chi connectivity index (χ4n) is 2.72. The van der Waals surface area contributed by atoms with Crippen molar-refractivity contribution in [3.63, 3.8) is 0 Å². The summed E-state index contributed by atoms with van der Waals surface area (Å²) >= 11 is 1.73. The molecule has 0 spiro atoms. The molecule has 0 aliphatic rings. The second kappa shape index (κ2) is 6.05. The molecule has 6 heteroatoms. The number of pyridine rings is 1. The fraction of sp³-hybridized carbons (Fsp3) is 0.167. The largest absolute Gasteiger partial charge is 0.316 e. The van der Waals surface area contributed by atoms with E-state index in [2.05, 4.69) is 43.7 Å². The van der Waals surface area contributed by atoms with Crippen LogP contribution in [0, 0.1) is 6.92 Å². The van der Waals surface area contributed by atoms with Crippen LogP contribution in [0.3, 0.4) is 0 Å². The van der Waals surface area contributed by atoms with Gasteiger partial charge in [0.05, 0.1) is 22.1 Å². The van der Waals surface area contributed by atoms with Crippen LogP contribution in [0.5, 0.6) is 0 Å². The molecule has 0 aliphatic heterocycles. The SMILES string of the molecule is CCc1ccc(Nc2nccc(-c3c(C)nc4ccccn34)n2)s1. The van der Waals surface area contributed by atoms with Gasteiger partial charge < -0.3 is 5.32 Å². The first-order valence-electron chi connectivity index (χ1n) is 7.87. The van der Waals surface area contributed by atoms with Gasteiger partial charge in [-0.2, -0.15) is 0 Å². The molecule has 0 unspecified atom stereocenters. The Balaban J connectivity index is 1.72. The molecule has 0 saturated carbocycles. The second-order valence-electron chi connectivity index (χ2n) is 5.48. The summed E-state index contributed by atoms with van der Waals surface area (Å²) in [6.07, 6.45) is 4.82. The Labute approximate surface area is 144 Å². The van der Waals surface area contributed by atoms with E-state index in [4.69, 9.17) is 0 Å². The van der Waals surface area contributed by atoms with E-state index >= 15 is 0 Å². The van der Waals surface area contributed by atoms with Crippen LogP contribution >= 0.6 is 11.3 Å². The molecular weight excluding hydrogens is 318 g/mol. The molecule has 4 aromatic rings. The van der Waals surface area contributed by atoms with Gasteiger partial charge in [-0.3, -0.25) is 4.40 Å². The van der Waals surface area contributed by atoms with Gasteiger partial charge >= 0.3 is 0 Å². The molecule has 0 aromatic carbocycles. The number of thiophene rings is 1. The van der Waals surface area contributed by atoms with Gasteiger partial charge in [0.2, 0.25) is 5.95 Å². The highest BCUT2D eigenvalue weighted by Crippen LogP contribution is 2.27. The first kappa shape index (κ1) is 14.8. The first-order valence-corrected chi connectivity index (χ1v) is 8.69. The topological polar surface area (TPSA) is 55.1 Å². The van der Waals surface area contributed by atoms with E-state index in [1.807, 2.05) is 37.4 Å². The normalized spacial score (nSPS) is 11.1. The third kappa shape index (κ3) is 2.65. The number of hydrogen-bond acceptors (Lipinski definition) is 5. The molecule has 0 aliphatic carbocycles. The highest BCUT2D eigenvalue weighted by atomic mass is 32.1. The summed E-state index contributed by atoms with van der Waals surface area (Å²) in [5.41, 5.74) is 3.73. The molecule has 0 fully saturated rings. The molecule has 0 saturated heterocycles. The van der Waals surface area contributed by atoms with Crippen molar-refractivity contribution in [1.82, 2.24) is 19.4 Å². The lowest BCUT2D eigenvalue weighted by molar-refractivity contribution is 1.12. The number of anilines is 2. The molecular formula is C18H17N5S. The van der Waals surface area contributed by atoms with E-state index in [9.17, 15) is 0 Å². The van der Waals surface area contributed by atoms with Crippen LogP contribution < -0.4 is 5.32 Å². The van der Waals surface area contributed by atoms with Gasteiger partial charge in [-0.15, -0.1) is 11.3 Å². The van der Waals surface area contributed by atoms with Crippen molar-refractivity contribution in [3.05, 3.63) is 59.4 Å². The summed E-state index contributed by atoms with van der Waals surface area (Å²) in [5.74, 6) is 0.599. The molecule has 24 heavy (non-hydrogen) atoms. The Morgan fingerprint density at radius 1 is 1.12 bits per heavy atom. The predicted octanol–water partition coefficient (Wildman–Crippen LogP) is 4.47. The van der Waals surface area contributed by atoms with Gasteiger partial charge in [0.15, 0.2) is 0 Å². The van der Waals surface area contributed by atoms with Crippen LogP contribution in [-0.2, 0) is 6.42 Å². The van der Waals surface area contributed by atoms with Crippen molar-refractivity contribution in [3.8, 4) is 11.4 Å². The van der Waals surface area contributed by atoms with E-state index in [0.29, 0.717) is 5.95 Å². The molecule has 4 rings (SSSR count). The smallest absolute Gasteiger partial charge is 0.228 e. The van der Waals surface area contributed by atoms with Crippen molar-refractivity contribution in [2.75, 3.05) is 5.32 Å². The maximum Gasteiger partial charge on any atom is 0.228 e. The van der Waals surface area contributed by atoms with Gasteiger partial charge in [0, 0.05) is 17.3 Å². The zero-order valence-electron chi connectivity index (χ0n) is 13.5. The number of rotatable bonds is 4. The van der Waals surface area contributed by atoms with E-state index in [0.717, 1.165) is 34.2 Å². The number of nitrogens with one attached hydrogen (secondary N) is 1. The van der Waals surface area contributed by atoms with Crippen molar-refractivity contribution >= 4 is 27.9 Å². The molecule has 0 radical (unpaired) electrons. The number of nitrogens with zero attached hydrogens (tertiary/aromatic N) is 4. The number of aryl methyl sites for hydroxylation is 2. The molecule has 120 valence electrons. The Morgan fingerprint density at radius 2 is 2.04 bits per heavy atom. The summed E-state index contributed by atoms with van der Waals surface area (Å²) in [4.78, 5) is 15.0. The molecule has 5 nitrogen and oxygen atoms in total. The Morgan fingerprint density at radius 3 is 2.88 bits per heavy atom. The molecule has 4 aromatic heterocycles. The Kier molecular flexibility index (Phi) is 3.74. The van der Waals surface area contributed by atoms with E-state index < -0.39 is 0 Å². The van der Waals surface area contributed by atoms with Crippen molar-refractivity contribution < 1.29 is 0 Å². The summed E-state index contributed by atoms with van der Waals surface area (Å²) in [6, 6.07) is 12.1. The van der Waals surface area contributed by atoms with E-state index in [1.54, 1.807) is 17.5 Å². The lowest BCUT2D eigenvalue weighted by atomic mass is 10.2. The molecule has 0 atom stereocenters. The van der Waals surface area contributed by atoms with Crippen molar-refractivity contribution in [1.29, 1.82) is 0 Å². The molecule has 1 N–H and O–H groups in total. The first-order chi connectivity index (χ1) is 11.7.